The molecule has 0 radical (unpaired) electrons. The van der Waals surface area contributed by atoms with E-state index in [1.54, 1.807) is 0 Å². The van der Waals surface area contributed by atoms with Gasteiger partial charge in [-0.3, -0.25) is 14.8 Å². The summed E-state index contributed by atoms with van der Waals surface area (Å²) in [6.45, 7) is 7.91. The molecular weight excluding hydrogens is 364 g/mol. The minimum atomic E-state index is -0.0507. The zero-order valence-electron chi connectivity index (χ0n) is 15.7. The summed E-state index contributed by atoms with van der Waals surface area (Å²) in [5.74, 6) is 0.0196. The molecular formula is C20H25ClN4O2. The summed E-state index contributed by atoms with van der Waals surface area (Å²) in [5, 5.41) is 8.14. The van der Waals surface area contributed by atoms with E-state index < -0.39 is 0 Å². The number of piperazine rings is 1. The second-order valence-electron chi connectivity index (χ2n) is 7.42. The van der Waals surface area contributed by atoms with Crippen LogP contribution in [0.1, 0.15) is 47.3 Å². The Labute approximate surface area is 164 Å². The quantitative estimate of drug-likeness (QED) is 0.877. The third-order valence-corrected chi connectivity index (χ3v) is 5.82. The van der Waals surface area contributed by atoms with Crippen LogP contribution in [-0.4, -0.2) is 58.2 Å². The van der Waals surface area contributed by atoms with Gasteiger partial charge in [0.15, 0.2) is 5.69 Å². The van der Waals surface area contributed by atoms with Crippen LogP contribution in [0.15, 0.2) is 24.3 Å². The van der Waals surface area contributed by atoms with E-state index in [1.165, 1.54) is 0 Å². The number of carbonyl (C=O) groups excluding carboxylic acids is 1. The lowest BCUT2D eigenvalue weighted by Gasteiger charge is -2.35. The number of ether oxygens (including phenoxy) is 1. The molecule has 3 heterocycles. The van der Waals surface area contributed by atoms with Crippen LogP contribution in [0.2, 0.25) is 5.02 Å². The van der Waals surface area contributed by atoms with E-state index in [1.807, 2.05) is 36.9 Å². The van der Waals surface area contributed by atoms with Crippen molar-refractivity contribution in [1.82, 2.24) is 20.0 Å². The molecule has 0 saturated carbocycles. The Balaban J connectivity index is 1.40. The molecule has 2 aliphatic rings. The van der Waals surface area contributed by atoms with Gasteiger partial charge in [0.2, 0.25) is 0 Å². The molecule has 6 nitrogen and oxygen atoms in total. The minimum absolute atomic E-state index is 0.0196. The van der Waals surface area contributed by atoms with Crippen molar-refractivity contribution in [1.29, 1.82) is 0 Å². The summed E-state index contributed by atoms with van der Waals surface area (Å²) in [6, 6.07) is 7.93. The number of carbonyl (C=O) groups is 1. The first kappa shape index (κ1) is 18.5. The maximum absolute atomic E-state index is 13.0. The molecule has 1 fully saturated rings. The number of hydrogen-bond donors (Lipinski definition) is 1. The number of rotatable bonds is 3. The number of H-pyrrole nitrogens is 1. The monoisotopic (exact) mass is 388 g/mol. The normalized spacial score (nSPS) is 23.3. The summed E-state index contributed by atoms with van der Waals surface area (Å²) < 4.78 is 5.82. The number of benzene rings is 1. The van der Waals surface area contributed by atoms with Gasteiger partial charge in [-0.2, -0.15) is 5.10 Å². The van der Waals surface area contributed by atoms with Crippen molar-refractivity contribution in [3.8, 4) is 0 Å². The second kappa shape index (κ2) is 7.62. The van der Waals surface area contributed by atoms with Crippen LogP contribution in [0.25, 0.3) is 0 Å². The smallest absolute Gasteiger partial charge is 0.274 e. The van der Waals surface area contributed by atoms with E-state index in [0.717, 1.165) is 47.9 Å². The number of halogens is 1. The van der Waals surface area contributed by atoms with E-state index in [2.05, 4.69) is 21.2 Å². The molecule has 1 saturated heterocycles. The van der Waals surface area contributed by atoms with Gasteiger partial charge in [0.05, 0.1) is 17.9 Å². The fourth-order valence-electron chi connectivity index (χ4n) is 3.98. The van der Waals surface area contributed by atoms with Gasteiger partial charge in [-0.15, -0.1) is 0 Å². The van der Waals surface area contributed by atoms with Crippen molar-refractivity contribution in [2.75, 3.05) is 26.2 Å². The fraction of sp³-hybridized carbons (Fsp3) is 0.500. The third kappa shape index (κ3) is 3.74. The number of nitrogens with zero attached hydrogens (tertiary/aromatic N) is 3. The SMILES string of the molecule is C[C@@H]1Cc2c(C(=O)N3CCN(Cc4ccccc4Cl)CC3)n[nH]c2[C@H](C)O1. The molecule has 7 heteroatoms. The van der Waals surface area contributed by atoms with Crippen molar-refractivity contribution < 1.29 is 9.53 Å². The highest BCUT2D eigenvalue weighted by Crippen LogP contribution is 2.30. The van der Waals surface area contributed by atoms with Crippen LogP contribution >= 0.6 is 11.6 Å². The molecule has 0 aliphatic carbocycles. The van der Waals surface area contributed by atoms with Crippen LogP contribution < -0.4 is 0 Å². The maximum atomic E-state index is 13.0. The summed E-state index contributed by atoms with van der Waals surface area (Å²) in [7, 11) is 0. The van der Waals surface area contributed by atoms with Gasteiger partial charge in [-0.25, -0.2) is 0 Å². The van der Waals surface area contributed by atoms with Crippen molar-refractivity contribution in [3.05, 3.63) is 51.8 Å². The highest BCUT2D eigenvalue weighted by Gasteiger charge is 2.32. The summed E-state index contributed by atoms with van der Waals surface area (Å²) >= 11 is 6.27. The molecule has 27 heavy (non-hydrogen) atoms. The molecule has 1 amide bonds. The molecule has 2 aromatic rings. The van der Waals surface area contributed by atoms with Crippen LogP contribution in [-0.2, 0) is 17.7 Å². The van der Waals surface area contributed by atoms with Crippen LogP contribution in [0.4, 0.5) is 0 Å². The molecule has 2 atom stereocenters. The minimum Gasteiger partial charge on any atom is -0.369 e. The van der Waals surface area contributed by atoms with Gasteiger partial charge in [-0.1, -0.05) is 29.8 Å². The second-order valence-corrected chi connectivity index (χ2v) is 7.82. The van der Waals surface area contributed by atoms with Crippen molar-refractivity contribution in [2.24, 2.45) is 0 Å². The van der Waals surface area contributed by atoms with E-state index in [9.17, 15) is 4.79 Å². The Morgan fingerprint density at radius 3 is 2.74 bits per heavy atom. The number of nitrogens with one attached hydrogen (secondary N) is 1. The van der Waals surface area contributed by atoms with Crippen molar-refractivity contribution in [2.45, 2.75) is 39.0 Å². The number of amides is 1. The summed E-state index contributed by atoms with van der Waals surface area (Å²) in [6.07, 6.45) is 0.776. The van der Waals surface area contributed by atoms with Gasteiger partial charge in [0.25, 0.3) is 5.91 Å². The maximum Gasteiger partial charge on any atom is 0.274 e. The Morgan fingerprint density at radius 1 is 1.26 bits per heavy atom. The molecule has 144 valence electrons. The first-order valence-corrected chi connectivity index (χ1v) is 9.88. The Morgan fingerprint density at radius 2 is 2.00 bits per heavy atom. The first-order chi connectivity index (χ1) is 13.0. The van der Waals surface area contributed by atoms with E-state index in [0.29, 0.717) is 18.8 Å². The number of aromatic nitrogens is 2. The predicted molar refractivity (Wildman–Crippen MR) is 104 cm³/mol. The molecule has 2 aliphatic heterocycles. The van der Waals surface area contributed by atoms with Gasteiger partial charge >= 0.3 is 0 Å². The fourth-order valence-corrected chi connectivity index (χ4v) is 4.17. The van der Waals surface area contributed by atoms with Crippen LogP contribution in [0.5, 0.6) is 0 Å². The number of aromatic amines is 1. The van der Waals surface area contributed by atoms with Gasteiger partial charge in [-0.05, 0) is 25.5 Å². The molecule has 0 unspecified atom stereocenters. The van der Waals surface area contributed by atoms with E-state index >= 15 is 0 Å². The zero-order valence-corrected chi connectivity index (χ0v) is 16.5. The van der Waals surface area contributed by atoms with Crippen molar-refractivity contribution in [3.63, 3.8) is 0 Å². The van der Waals surface area contributed by atoms with Crippen LogP contribution in [0, 0.1) is 0 Å². The highest BCUT2D eigenvalue weighted by atomic mass is 35.5. The molecule has 1 aromatic heterocycles. The van der Waals surface area contributed by atoms with E-state index in [-0.39, 0.29) is 18.1 Å². The summed E-state index contributed by atoms with van der Waals surface area (Å²) in [5.41, 5.74) is 3.65. The van der Waals surface area contributed by atoms with Gasteiger partial charge in [0.1, 0.15) is 0 Å². The zero-order chi connectivity index (χ0) is 19.0. The Bertz CT molecular complexity index is 829. The summed E-state index contributed by atoms with van der Waals surface area (Å²) in [4.78, 5) is 17.3. The topological polar surface area (TPSA) is 61.5 Å². The molecule has 1 aromatic carbocycles. The van der Waals surface area contributed by atoms with Crippen molar-refractivity contribution >= 4 is 17.5 Å². The van der Waals surface area contributed by atoms with E-state index in [4.69, 9.17) is 16.3 Å². The average Bonchev–Trinajstić information content (AvgIpc) is 3.08. The molecule has 0 bridgehead atoms. The molecule has 4 rings (SSSR count). The highest BCUT2D eigenvalue weighted by molar-refractivity contribution is 6.31. The largest absolute Gasteiger partial charge is 0.369 e. The molecule has 0 spiro atoms. The Hall–Kier alpha value is -1.89. The Kier molecular flexibility index (Phi) is 5.21. The van der Waals surface area contributed by atoms with Gasteiger partial charge < -0.3 is 9.64 Å². The lowest BCUT2D eigenvalue weighted by molar-refractivity contribution is -0.00704. The third-order valence-electron chi connectivity index (χ3n) is 5.45. The predicted octanol–water partition coefficient (Wildman–Crippen LogP) is 3.04. The van der Waals surface area contributed by atoms with Crippen LogP contribution in [0.3, 0.4) is 0 Å². The lowest BCUT2D eigenvalue weighted by atomic mass is 9.99. The van der Waals surface area contributed by atoms with Gasteiger partial charge in [0, 0.05) is 49.7 Å². The standard InChI is InChI=1S/C20H25ClN4O2/c1-13-11-16-18(14(2)27-13)22-23-19(16)20(26)25-9-7-24(8-10-25)12-15-5-3-4-6-17(15)21/h3-6,13-14H,7-12H2,1-2H3,(H,22,23)/t13-,14+/m1/s1. The first-order valence-electron chi connectivity index (χ1n) is 9.50. The lowest BCUT2D eigenvalue weighted by Crippen LogP contribution is -2.48. The average molecular weight is 389 g/mol. The number of fused-ring (bicyclic) bond motifs is 1. The molecule has 1 N–H and O–H groups in total. The number of hydrogen-bond acceptors (Lipinski definition) is 4.